The van der Waals surface area contributed by atoms with Crippen LogP contribution in [0, 0.1) is 5.92 Å². The number of nitrogens with two attached hydrogens (primary N) is 1. The molecule has 4 atom stereocenters. The van der Waals surface area contributed by atoms with Crippen LogP contribution in [0.5, 0.6) is 11.6 Å². The Bertz CT molecular complexity index is 1300. The number of rotatable bonds is 10. The molecule has 35 heavy (non-hydrogen) atoms. The van der Waals surface area contributed by atoms with Gasteiger partial charge >= 0.3 is 13.7 Å². The lowest BCUT2D eigenvalue weighted by atomic mass is 10.1. The number of halogens is 1. The number of imidazole rings is 1. The number of nitrogens with one attached hydrogen (secondary N) is 1. The van der Waals surface area contributed by atoms with Crippen LogP contribution in [-0.4, -0.2) is 50.4 Å². The van der Waals surface area contributed by atoms with Crippen molar-refractivity contribution in [1.29, 1.82) is 0 Å². The summed E-state index contributed by atoms with van der Waals surface area (Å²) < 4.78 is 31.7. The SMILES string of the molecule is COc1nc(N)nc2c1ncn2[C@H]1C=C[C@@H](COP(=O)(NC(C)C(=O)O)Oc2ccc(Cl)cc2)C1. The third-order valence-corrected chi connectivity index (χ3v) is 7.22. The van der Waals surface area contributed by atoms with E-state index in [1.165, 1.54) is 26.2 Å². The van der Waals surface area contributed by atoms with Crippen LogP contribution in [0.2, 0.25) is 5.02 Å². The Morgan fingerprint density at radius 1 is 1.34 bits per heavy atom. The summed E-state index contributed by atoms with van der Waals surface area (Å²) in [5.41, 5.74) is 6.82. The predicted molar refractivity (Wildman–Crippen MR) is 128 cm³/mol. The molecule has 4 rings (SSSR count). The van der Waals surface area contributed by atoms with Gasteiger partial charge < -0.3 is 24.7 Å². The fourth-order valence-electron chi connectivity index (χ4n) is 3.58. The number of nitrogens with zero attached hydrogens (tertiary/aromatic N) is 4. The number of carbonyl (C=O) groups is 1. The summed E-state index contributed by atoms with van der Waals surface area (Å²) in [4.78, 5) is 24.0. The Kier molecular flexibility index (Phi) is 7.27. The summed E-state index contributed by atoms with van der Waals surface area (Å²) in [5.74, 6) is -0.761. The maximum Gasteiger partial charge on any atom is 0.459 e. The monoisotopic (exact) mass is 522 g/mol. The van der Waals surface area contributed by atoms with Crippen LogP contribution in [0.3, 0.4) is 0 Å². The van der Waals surface area contributed by atoms with Crippen molar-refractivity contribution >= 4 is 42.4 Å². The fraction of sp³-hybridized carbons (Fsp3) is 0.333. The third-order valence-electron chi connectivity index (χ3n) is 5.33. The van der Waals surface area contributed by atoms with Gasteiger partial charge in [0.25, 0.3) is 0 Å². The summed E-state index contributed by atoms with van der Waals surface area (Å²) in [6.45, 7) is 1.37. The zero-order valence-electron chi connectivity index (χ0n) is 18.9. The highest BCUT2D eigenvalue weighted by atomic mass is 35.5. The summed E-state index contributed by atoms with van der Waals surface area (Å²) >= 11 is 5.89. The minimum Gasteiger partial charge on any atom is -0.480 e. The van der Waals surface area contributed by atoms with E-state index in [2.05, 4.69) is 20.0 Å². The van der Waals surface area contributed by atoms with Crippen molar-refractivity contribution in [2.45, 2.75) is 25.4 Å². The zero-order valence-corrected chi connectivity index (χ0v) is 20.5. The summed E-state index contributed by atoms with van der Waals surface area (Å²) in [7, 11) is -2.56. The molecule has 2 unspecified atom stereocenters. The first-order valence-electron chi connectivity index (χ1n) is 10.6. The number of ether oxygens (including phenoxy) is 1. The van der Waals surface area contributed by atoms with Crippen molar-refractivity contribution in [2.24, 2.45) is 5.92 Å². The number of aliphatic carboxylic acids is 1. The van der Waals surface area contributed by atoms with Crippen LogP contribution in [0.4, 0.5) is 5.95 Å². The number of aromatic nitrogens is 4. The molecular weight excluding hydrogens is 499 g/mol. The van der Waals surface area contributed by atoms with E-state index < -0.39 is 19.8 Å². The second kappa shape index (κ2) is 10.2. The maximum atomic E-state index is 13.4. The molecule has 2 heterocycles. The molecule has 0 saturated carbocycles. The molecule has 3 aromatic rings. The first-order valence-corrected chi connectivity index (χ1v) is 12.5. The van der Waals surface area contributed by atoms with Gasteiger partial charge in [0.2, 0.25) is 11.8 Å². The Hall–Kier alpha value is -3.18. The Morgan fingerprint density at radius 3 is 2.77 bits per heavy atom. The molecule has 1 aliphatic rings. The van der Waals surface area contributed by atoms with Gasteiger partial charge in [-0.2, -0.15) is 15.1 Å². The lowest BCUT2D eigenvalue weighted by molar-refractivity contribution is -0.138. The van der Waals surface area contributed by atoms with Crippen LogP contribution in [0.25, 0.3) is 11.2 Å². The first-order chi connectivity index (χ1) is 16.7. The molecule has 0 radical (unpaired) electrons. The van der Waals surface area contributed by atoms with Crippen LogP contribution in [0.15, 0.2) is 42.7 Å². The molecule has 12 nitrogen and oxygen atoms in total. The van der Waals surface area contributed by atoms with Crippen LogP contribution >= 0.6 is 19.3 Å². The number of carboxylic acids is 1. The van der Waals surface area contributed by atoms with Gasteiger partial charge in [0.1, 0.15) is 11.8 Å². The molecule has 0 spiro atoms. The molecule has 0 aliphatic heterocycles. The number of benzene rings is 1. The van der Waals surface area contributed by atoms with E-state index in [-0.39, 0.29) is 36.1 Å². The topological polar surface area (TPSA) is 164 Å². The van der Waals surface area contributed by atoms with E-state index in [1.807, 2.05) is 16.7 Å². The highest BCUT2D eigenvalue weighted by Crippen LogP contribution is 2.46. The van der Waals surface area contributed by atoms with E-state index in [4.69, 9.17) is 31.1 Å². The van der Waals surface area contributed by atoms with E-state index in [0.29, 0.717) is 22.6 Å². The summed E-state index contributed by atoms with van der Waals surface area (Å²) in [5, 5.41) is 12.2. The average Bonchev–Trinajstić information content (AvgIpc) is 3.45. The van der Waals surface area contributed by atoms with Gasteiger partial charge in [-0.1, -0.05) is 23.8 Å². The summed E-state index contributed by atoms with van der Waals surface area (Å²) in [6, 6.07) is 4.87. The van der Waals surface area contributed by atoms with Crippen LogP contribution < -0.4 is 20.1 Å². The van der Waals surface area contributed by atoms with Gasteiger partial charge in [-0.25, -0.2) is 9.55 Å². The zero-order chi connectivity index (χ0) is 25.2. The van der Waals surface area contributed by atoms with Crippen molar-refractivity contribution in [3.8, 4) is 11.6 Å². The normalized spacial score (nSPS) is 20.0. The summed E-state index contributed by atoms with van der Waals surface area (Å²) in [6.07, 6.45) is 6.10. The quantitative estimate of drug-likeness (QED) is 0.264. The van der Waals surface area contributed by atoms with Crippen molar-refractivity contribution in [1.82, 2.24) is 24.6 Å². The van der Waals surface area contributed by atoms with Gasteiger partial charge in [0, 0.05) is 10.9 Å². The predicted octanol–water partition coefficient (Wildman–Crippen LogP) is 3.45. The first kappa shape index (κ1) is 24.9. The number of anilines is 1. The van der Waals surface area contributed by atoms with Crippen molar-refractivity contribution in [3.05, 3.63) is 47.8 Å². The number of hydrogen-bond donors (Lipinski definition) is 3. The van der Waals surface area contributed by atoms with Gasteiger partial charge in [0.15, 0.2) is 11.2 Å². The van der Waals surface area contributed by atoms with Crippen LogP contribution in [-0.2, 0) is 13.9 Å². The van der Waals surface area contributed by atoms with Gasteiger partial charge in [-0.15, -0.1) is 0 Å². The highest BCUT2D eigenvalue weighted by molar-refractivity contribution is 7.52. The van der Waals surface area contributed by atoms with Gasteiger partial charge in [-0.05, 0) is 37.6 Å². The Labute approximate surface area is 205 Å². The fourth-order valence-corrected chi connectivity index (χ4v) is 5.26. The molecule has 1 aromatic carbocycles. The van der Waals surface area contributed by atoms with Crippen molar-refractivity contribution < 1.29 is 28.3 Å². The minimum atomic E-state index is -4.04. The molecule has 0 amide bonds. The number of hydrogen-bond acceptors (Lipinski definition) is 9. The molecule has 0 bridgehead atoms. The van der Waals surface area contributed by atoms with E-state index in [0.717, 1.165) is 0 Å². The maximum absolute atomic E-state index is 13.4. The van der Waals surface area contributed by atoms with Crippen molar-refractivity contribution in [2.75, 3.05) is 19.5 Å². The largest absolute Gasteiger partial charge is 0.480 e. The minimum absolute atomic E-state index is 0.0181. The molecule has 2 aromatic heterocycles. The van der Waals surface area contributed by atoms with E-state index in [9.17, 15) is 14.5 Å². The Morgan fingerprint density at radius 2 is 2.09 bits per heavy atom. The number of methoxy groups -OCH3 is 1. The Balaban J connectivity index is 1.46. The second-order valence-corrected chi connectivity index (χ2v) is 10.0. The van der Waals surface area contributed by atoms with Crippen molar-refractivity contribution in [3.63, 3.8) is 0 Å². The standard InChI is InChI=1S/C21H24ClN6O6P/c1-12(20(29)30)27-35(31,34-16-7-4-14(22)5-8-16)33-10-13-3-6-15(9-13)28-11-24-17-18(28)25-21(23)26-19(17)32-2/h3-8,11-13,15H,9-10H2,1-2H3,(H,27,31)(H,29,30)(H2,23,25,26)/t12?,13-,15+,35?/m1/s1. The molecule has 0 saturated heterocycles. The average molecular weight is 523 g/mol. The lowest BCUT2D eigenvalue weighted by Crippen LogP contribution is -2.33. The van der Waals surface area contributed by atoms with Gasteiger partial charge in [-0.3, -0.25) is 9.32 Å². The third kappa shape index (κ3) is 5.73. The molecule has 4 N–H and O–H groups in total. The highest BCUT2D eigenvalue weighted by Gasteiger charge is 2.33. The molecule has 1 aliphatic carbocycles. The smallest absolute Gasteiger partial charge is 0.459 e. The molecular formula is C21H24ClN6O6P. The van der Waals surface area contributed by atoms with E-state index >= 15 is 0 Å². The van der Waals surface area contributed by atoms with Gasteiger partial charge in [0.05, 0.1) is 26.1 Å². The van der Waals surface area contributed by atoms with Crippen LogP contribution in [0.1, 0.15) is 19.4 Å². The lowest BCUT2D eigenvalue weighted by Gasteiger charge is -2.23. The number of fused-ring (bicyclic) bond motifs is 1. The number of allylic oxidation sites excluding steroid dienone is 1. The molecule has 0 fully saturated rings. The number of carboxylic acid groups (broad SMARTS) is 1. The molecule has 14 heteroatoms. The second-order valence-electron chi connectivity index (χ2n) is 7.89. The van der Waals surface area contributed by atoms with E-state index in [1.54, 1.807) is 18.5 Å². The number of nitrogen functional groups attached to an aromatic ring is 1. The molecule has 186 valence electrons.